The lowest BCUT2D eigenvalue weighted by Crippen LogP contribution is -2.19. The second-order valence-corrected chi connectivity index (χ2v) is 5.95. The standard InChI is InChI=1S/C19H24N2/c1-2-19(20)16-8-10-18(11-9-16)21-13-12-17(14-21)15-6-4-3-5-7-15/h3-11,17,19H,2,12-14,20H2,1H3/t17?,19-/m0/s1. The number of benzene rings is 2. The van der Waals surface area contributed by atoms with Gasteiger partial charge in [0.25, 0.3) is 0 Å². The van der Waals surface area contributed by atoms with Crippen molar-refractivity contribution < 1.29 is 0 Å². The Kier molecular flexibility index (Phi) is 4.26. The maximum Gasteiger partial charge on any atom is 0.0366 e. The lowest BCUT2D eigenvalue weighted by atomic mass is 9.99. The van der Waals surface area contributed by atoms with E-state index in [1.807, 2.05) is 0 Å². The third-order valence-electron chi connectivity index (χ3n) is 4.59. The molecule has 2 aromatic rings. The fourth-order valence-electron chi connectivity index (χ4n) is 3.16. The van der Waals surface area contributed by atoms with Gasteiger partial charge in [0.15, 0.2) is 0 Å². The van der Waals surface area contributed by atoms with Gasteiger partial charge in [0, 0.05) is 30.7 Å². The van der Waals surface area contributed by atoms with E-state index >= 15 is 0 Å². The molecule has 0 aromatic heterocycles. The van der Waals surface area contributed by atoms with Crippen molar-refractivity contribution in [3.63, 3.8) is 0 Å². The zero-order chi connectivity index (χ0) is 14.7. The van der Waals surface area contributed by atoms with E-state index in [4.69, 9.17) is 5.73 Å². The van der Waals surface area contributed by atoms with Crippen LogP contribution in [0.5, 0.6) is 0 Å². The van der Waals surface area contributed by atoms with Gasteiger partial charge < -0.3 is 10.6 Å². The van der Waals surface area contributed by atoms with Crippen molar-refractivity contribution in [3.8, 4) is 0 Å². The Balaban J connectivity index is 1.69. The quantitative estimate of drug-likeness (QED) is 0.914. The van der Waals surface area contributed by atoms with Crippen molar-refractivity contribution in [2.45, 2.75) is 31.7 Å². The Labute approximate surface area is 127 Å². The van der Waals surface area contributed by atoms with Crippen LogP contribution in [-0.4, -0.2) is 13.1 Å². The van der Waals surface area contributed by atoms with E-state index in [1.165, 1.54) is 23.2 Å². The van der Waals surface area contributed by atoms with Gasteiger partial charge in [-0.1, -0.05) is 49.4 Å². The molecule has 2 N–H and O–H groups in total. The van der Waals surface area contributed by atoms with Crippen LogP contribution in [0.25, 0.3) is 0 Å². The smallest absolute Gasteiger partial charge is 0.0366 e. The summed E-state index contributed by atoms with van der Waals surface area (Å²) < 4.78 is 0. The van der Waals surface area contributed by atoms with Crippen molar-refractivity contribution in [1.82, 2.24) is 0 Å². The second kappa shape index (κ2) is 6.31. The zero-order valence-electron chi connectivity index (χ0n) is 12.7. The van der Waals surface area contributed by atoms with Crippen molar-refractivity contribution >= 4 is 5.69 Å². The molecule has 0 spiro atoms. The molecule has 1 aliphatic heterocycles. The van der Waals surface area contributed by atoms with E-state index in [9.17, 15) is 0 Å². The van der Waals surface area contributed by atoms with Crippen molar-refractivity contribution in [3.05, 3.63) is 65.7 Å². The average Bonchev–Trinajstić information content (AvgIpc) is 3.05. The van der Waals surface area contributed by atoms with Crippen molar-refractivity contribution in [1.29, 1.82) is 0 Å². The summed E-state index contributed by atoms with van der Waals surface area (Å²) in [5.74, 6) is 0.656. The Morgan fingerprint density at radius 1 is 1.10 bits per heavy atom. The van der Waals surface area contributed by atoms with Crippen molar-refractivity contribution in [2.24, 2.45) is 5.73 Å². The van der Waals surface area contributed by atoms with Crippen LogP contribution < -0.4 is 10.6 Å². The first-order valence-electron chi connectivity index (χ1n) is 7.93. The Bertz CT molecular complexity index is 562. The van der Waals surface area contributed by atoms with E-state index in [2.05, 4.69) is 66.4 Å². The molecule has 0 aliphatic carbocycles. The van der Waals surface area contributed by atoms with Gasteiger partial charge in [-0.3, -0.25) is 0 Å². The van der Waals surface area contributed by atoms with Gasteiger partial charge >= 0.3 is 0 Å². The largest absolute Gasteiger partial charge is 0.371 e. The molecule has 2 nitrogen and oxygen atoms in total. The lowest BCUT2D eigenvalue weighted by molar-refractivity contribution is 0.698. The number of nitrogens with zero attached hydrogens (tertiary/aromatic N) is 1. The Hall–Kier alpha value is -1.80. The highest BCUT2D eigenvalue weighted by molar-refractivity contribution is 5.50. The molecule has 0 saturated carbocycles. The highest BCUT2D eigenvalue weighted by Gasteiger charge is 2.23. The summed E-state index contributed by atoms with van der Waals surface area (Å²) in [6, 6.07) is 19.8. The first-order valence-corrected chi connectivity index (χ1v) is 7.93. The first-order chi connectivity index (χ1) is 10.3. The number of nitrogens with two attached hydrogens (primary N) is 1. The maximum atomic E-state index is 6.08. The van der Waals surface area contributed by atoms with Gasteiger partial charge in [-0.05, 0) is 36.1 Å². The summed E-state index contributed by atoms with van der Waals surface area (Å²) in [7, 11) is 0. The molecule has 2 atom stereocenters. The van der Waals surface area contributed by atoms with Gasteiger partial charge in [-0.25, -0.2) is 0 Å². The Morgan fingerprint density at radius 3 is 2.48 bits per heavy atom. The van der Waals surface area contributed by atoms with Crippen LogP contribution in [0, 0.1) is 0 Å². The molecule has 0 radical (unpaired) electrons. The lowest BCUT2D eigenvalue weighted by Gasteiger charge is -2.20. The summed E-state index contributed by atoms with van der Waals surface area (Å²) in [6.07, 6.45) is 2.22. The normalized spacial score (nSPS) is 19.7. The molecule has 1 fully saturated rings. The van der Waals surface area contributed by atoms with E-state index in [-0.39, 0.29) is 6.04 Å². The predicted octanol–water partition coefficient (Wildman–Crippen LogP) is 4.09. The minimum atomic E-state index is 0.162. The van der Waals surface area contributed by atoms with Crippen LogP contribution in [0.15, 0.2) is 54.6 Å². The fourth-order valence-corrected chi connectivity index (χ4v) is 3.16. The molecule has 2 heteroatoms. The molecule has 1 saturated heterocycles. The van der Waals surface area contributed by atoms with E-state index < -0.39 is 0 Å². The van der Waals surface area contributed by atoms with Crippen LogP contribution in [0.3, 0.4) is 0 Å². The molecule has 1 heterocycles. The van der Waals surface area contributed by atoms with Gasteiger partial charge in [-0.15, -0.1) is 0 Å². The highest BCUT2D eigenvalue weighted by Crippen LogP contribution is 2.31. The predicted molar refractivity (Wildman–Crippen MR) is 89.7 cm³/mol. The van der Waals surface area contributed by atoms with E-state index in [1.54, 1.807) is 0 Å². The van der Waals surface area contributed by atoms with Crippen LogP contribution >= 0.6 is 0 Å². The fraction of sp³-hybridized carbons (Fsp3) is 0.368. The third kappa shape index (κ3) is 3.11. The van der Waals surface area contributed by atoms with Crippen molar-refractivity contribution in [2.75, 3.05) is 18.0 Å². The van der Waals surface area contributed by atoms with Gasteiger partial charge in [-0.2, -0.15) is 0 Å². The second-order valence-electron chi connectivity index (χ2n) is 5.95. The summed E-state index contributed by atoms with van der Waals surface area (Å²) in [5.41, 5.74) is 10.1. The molecular weight excluding hydrogens is 256 g/mol. The SMILES string of the molecule is CC[C@H](N)c1ccc(N2CCC(c3ccccc3)C2)cc1. The summed E-state index contributed by atoms with van der Waals surface area (Å²) in [6.45, 7) is 4.38. The molecule has 1 aliphatic rings. The highest BCUT2D eigenvalue weighted by atomic mass is 15.1. The zero-order valence-corrected chi connectivity index (χ0v) is 12.7. The average molecular weight is 280 g/mol. The van der Waals surface area contributed by atoms with Crippen LogP contribution in [0.1, 0.15) is 42.9 Å². The third-order valence-corrected chi connectivity index (χ3v) is 4.59. The molecule has 1 unspecified atom stereocenters. The van der Waals surface area contributed by atoms with E-state index in [0.29, 0.717) is 5.92 Å². The number of hydrogen-bond acceptors (Lipinski definition) is 2. The van der Waals surface area contributed by atoms with Gasteiger partial charge in [0.1, 0.15) is 0 Å². The summed E-state index contributed by atoms with van der Waals surface area (Å²) >= 11 is 0. The number of hydrogen-bond donors (Lipinski definition) is 1. The molecule has 2 aromatic carbocycles. The number of rotatable bonds is 4. The minimum absolute atomic E-state index is 0.162. The molecule has 3 rings (SSSR count). The number of anilines is 1. The molecule has 21 heavy (non-hydrogen) atoms. The maximum absolute atomic E-state index is 6.08. The first kappa shape index (κ1) is 14.2. The monoisotopic (exact) mass is 280 g/mol. The van der Waals surface area contributed by atoms with Crippen LogP contribution in [-0.2, 0) is 0 Å². The van der Waals surface area contributed by atoms with E-state index in [0.717, 1.165) is 19.5 Å². The Morgan fingerprint density at radius 2 is 1.81 bits per heavy atom. The molecule has 110 valence electrons. The molecule has 0 bridgehead atoms. The summed E-state index contributed by atoms with van der Waals surface area (Å²) in [4.78, 5) is 2.49. The van der Waals surface area contributed by atoms with Crippen LogP contribution in [0.2, 0.25) is 0 Å². The molecule has 0 amide bonds. The molecular formula is C19H24N2. The van der Waals surface area contributed by atoms with Gasteiger partial charge in [0.05, 0.1) is 0 Å². The van der Waals surface area contributed by atoms with Crippen LogP contribution in [0.4, 0.5) is 5.69 Å². The summed E-state index contributed by atoms with van der Waals surface area (Å²) in [5, 5.41) is 0. The van der Waals surface area contributed by atoms with Gasteiger partial charge in [0.2, 0.25) is 0 Å². The topological polar surface area (TPSA) is 29.3 Å². The minimum Gasteiger partial charge on any atom is -0.371 e.